The van der Waals surface area contributed by atoms with Crippen LogP contribution in [-0.4, -0.2) is 0 Å². The Hall–Kier alpha value is -0.720. The highest BCUT2D eigenvalue weighted by atomic mass is 14.5. The van der Waals surface area contributed by atoms with E-state index >= 15 is 0 Å². The molecule has 52 valence electrons. The van der Waals surface area contributed by atoms with Gasteiger partial charge in [0.15, 0.2) is 0 Å². The van der Waals surface area contributed by atoms with E-state index in [9.17, 15) is 0 Å². The second kappa shape index (κ2) is 4.19. The highest BCUT2D eigenvalue weighted by molar-refractivity contribution is 5.01. The zero-order valence-electron chi connectivity index (χ0n) is 6.44. The van der Waals surface area contributed by atoms with Crippen LogP contribution in [0.15, 0.2) is 23.4 Å². The Morgan fingerprint density at radius 2 is 1.78 bits per heavy atom. The van der Waals surface area contributed by atoms with E-state index in [1.807, 2.05) is 13.0 Å². The van der Waals surface area contributed by atoms with Crippen LogP contribution in [-0.2, 0) is 0 Å². The zero-order valence-corrected chi connectivity index (χ0v) is 6.44. The molecule has 0 rings (SSSR count). The fourth-order valence-corrected chi connectivity index (χ4v) is 0.481. The summed E-state index contributed by atoms with van der Waals surface area (Å²) in [5, 5.41) is 0. The van der Waals surface area contributed by atoms with Crippen molar-refractivity contribution in [3.8, 4) is 0 Å². The molecule has 0 aromatic carbocycles. The molecular formula is C8H15N. The molecule has 9 heavy (non-hydrogen) atoms. The molecule has 0 aliphatic heterocycles. The molecule has 2 N–H and O–H groups in total. The number of hydrogen-bond acceptors (Lipinski definition) is 1. The minimum atomic E-state index is 0.896. The molecule has 0 heterocycles. The van der Waals surface area contributed by atoms with Crippen LogP contribution >= 0.6 is 0 Å². The van der Waals surface area contributed by atoms with Gasteiger partial charge in [0.05, 0.1) is 0 Å². The first-order chi connectivity index (χ1) is 4.13. The third-order valence-electron chi connectivity index (χ3n) is 0.966. The van der Waals surface area contributed by atoms with E-state index in [0.29, 0.717) is 0 Å². The van der Waals surface area contributed by atoms with Crippen LogP contribution in [0.1, 0.15) is 27.2 Å². The summed E-state index contributed by atoms with van der Waals surface area (Å²) in [7, 11) is 0. The molecule has 1 heteroatoms. The van der Waals surface area contributed by atoms with Crippen molar-refractivity contribution >= 4 is 0 Å². The summed E-state index contributed by atoms with van der Waals surface area (Å²) in [5.74, 6) is 0. The van der Waals surface area contributed by atoms with Crippen LogP contribution in [0, 0.1) is 0 Å². The molecule has 0 fully saturated rings. The third-order valence-corrected chi connectivity index (χ3v) is 0.966. The zero-order chi connectivity index (χ0) is 7.28. The molecule has 0 unspecified atom stereocenters. The molecule has 0 bridgehead atoms. The predicted octanol–water partition coefficient (Wildman–Crippen LogP) is 2.21. The van der Waals surface area contributed by atoms with Gasteiger partial charge in [0.1, 0.15) is 0 Å². The van der Waals surface area contributed by atoms with Gasteiger partial charge in [0, 0.05) is 5.70 Å². The Kier molecular flexibility index (Phi) is 3.85. The summed E-state index contributed by atoms with van der Waals surface area (Å²) in [6, 6.07) is 0. The van der Waals surface area contributed by atoms with Crippen molar-refractivity contribution in [2.24, 2.45) is 5.73 Å². The predicted molar refractivity (Wildman–Crippen MR) is 42.0 cm³/mol. The quantitative estimate of drug-likeness (QED) is 0.562. The number of hydrogen-bond donors (Lipinski definition) is 1. The van der Waals surface area contributed by atoms with E-state index in [0.717, 1.165) is 12.1 Å². The topological polar surface area (TPSA) is 26.0 Å². The smallest absolute Gasteiger partial charge is 0.00115 e. The first-order valence-corrected chi connectivity index (χ1v) is 3.18. The fraction of sp³-hybridized carbons (Fsp3) is 0.500. The van der Waals surface area contributed by atoms with Crippen molar-refractivity contribution in [2.45, 2.75) is 27.2 Å². The molecule has 0 aromatic heterocycles. The van der Waals surface area contributed by atoms with Gasteiger partial charge in [-0.25, -0.2) is 0 Å². The molecule has 0 aliphatic carbocycles. The first kappa shape index (κ1) is 8.28. The highest BCUT2D eigenvalue weighted by Crippen LogP contribution is 1.94. The molecule has 0 saturated heterocycles. The molecule has 0 saturated carbocycles. The maximum absolute atomic E-state index is 5.41. The molecule has 0 spiro atoms. The third kappa shape index (κ3) is 7.28. The summed E-state index contributed by atoms with van der Waals surface area (Å²) < 4.78 is 0. The summed E-state index contributed by atoms with van der Waals surface area (Å²) in [6.07, 6.45) is 5.12. The Balaban J connectivity index is 3.53. The molecule has 1 nitrogen and oxygen atoms in total. The average Bonchev–Trinajstić information content (AvgIpc) is 1.63. The maximum Gasteiger partial charge on any atom is 0.00115 e. The minimum absolute atomic E-state index is 0.896. The summed E-state index contributed by atoms with van der Waals surface area (Å²) in [6.45, 7) is 6.07. The maximum atomic E-state index is 5.41. The Labute approximate surface area is 57.3 Å². The van der Waals surface area contributed by atoms with Crippen LogP contribution in [0.2, 0.25) is 0 Å². The van der Waals surface area contributed by atoms with Gasteiger partial charge < -0.3 is 5.73 Å². The van der Waals surface area contributed by atoms with Gasteiger partial charge in [-0.2, -0.15) is 0 Å². The largest absolute Gasteiger partial charge is 0.403 e. The first-order valence-electron chi connectivity index (χ1n) is 3.18. The summed E-state index contributed by atoms with van der Waals surface area (Å²) in [5.41, 5.74) is 7.65. The van der Waals surface area contributed by atoms with Gasteiger partial charge in [-0.15, -0.1) is 0 Å². The van der Waals surface area contributed by atoms with Crippen molar-refractivity contribution in [1.29, 1.82) is 0 Å². The molecular weight excluding hydrogens is 110 g/mol. The van der Waals surface area contributed by atoms with Gasteiger partial charge in [-0.3, -0.25) is 0 Å². The van der Waals surface area contributed by atoms with Crippen LogP contribution in [0.4, 0.5) is 0 Å². The molecule has 0 aliphatic rings. The molecule has 0 atom stereocenters. The Bertz CT molecular complexity index is 108. The van der Waals surface area contributed by atoms with E-state index < -0.39 is 0 Å². The highest BCUT2D eigenvalue weighted by Gasteiger charge is 1.76. The lowest BCUT2D eigenvalue weighted by Gasteiger charge is -1.88. The SMILES string of the molecule is CC(C)=CC/C=C(/C)N. The lowest BCUT2D eigenvalue weighted by Crippen LogP contribution is -1.88. The molecule has 0 aromatic rings. The van der Waals surface area contributed by atoms with Crippen LogP contribution in [0.25, 0.3) is 0 Å². The van der Waals surface area contributed by atoms with Gasteiger partial charge in [-0.1, -0.05) is 17.7 Å². The van der Waals surface area contributed by atoms with Crippen LogP contribution in [0.5, 0.6) is 0 Å². The van der Waals surface area contributed by atoms with Gasteiger partial charge >= 0.3 is 0 Å². The van der Waals surface area contributed by atoms with Crippen molar-refractivity contribution in [3.05, 3.63) is 23.4 Å². The summed E-state index contributed by atoms with van der Waals surface area (Å²) in [4.78, 5) is 0. The van der Waals surface area contributed by atoms with E-state index in [1.54, 1.807) is 0 Å². The number of allylic oxidation sites excluding steroid dienone is 4. The standard InChI is InChI=1S/C8H15N/c1-7(2)5-4-6-8(3)9/h5-6H,4,9H2,1-3H3/b8-6-. The van der Waals surface area contributed by atoms with Gasteiger partial charge in [0.25, 0.3) is 0 Å². The van der Waals surface area contributed by atoms with Gasteiger partial charge in [-0.05, 0) is 27.2 Å². The Morgan fingerprint density at radius 3 is 2.11 bits per heavy atom. The minimum Gasteiger partial charge on any atom is -0.403 e. The summed E-state index contributed by atoms with van der Waals surface area (Å²) >= 11 is 0. The molecule has 0 radical (unpaired) electrons. The normalized spacial score (nSPS) is 11.2. The van der Waals surface area contributed by atoms with Gasteiger partial charge in [0.2, 0.25) is 0 Å². The van der Waals surface area contributed by atoms with Crippen LogP contribution in [0.3, 0.4) is 0 Å². The van der Waals surface area contributed by atoms with Crippen molar-refractivity contribution in [1.82, 2.24) is 0 Å². The fourth-order valence-electron chi connectivity index (χ4n) is 0.481. The number of nitrogens with two attached hydrogens (primary N) is 1. The monoisotopic (exact) mass is 125 g/mol. The van der Waals surface area contributed by atoms with E-state index in [4.69, 9.17) is 5.73 Å². The lowest BCUT2D eigenvalue weighted by molar-refractivity contribution is 1.21. The second-order valence-electron chi connectivity index (χ2n) is 2.47. The van der Waals surface area contributed by atoms with Crippen LogP contribution < -0.4 is 5.73 Å². The van der Waals surface area contributed by atoms with Crippen molar-refractivity contribution < 1.29 is 0 Å². The van der Waals surface area contributed by atoms with E-state index in [-0.39, 0.29) is 0 Å². The second-order valence-corrected chi connectivity index (χ2v) is 2.47. The lowest BCUT2D eigenvalue weighted by atomic mass is 10.2. The van der Waals surface area contributed by atoms with E-state index in [1.165, 1.54) is 5.57 Å². The van der Waals surface area contributed by atoms with Crippen molar-refractivity contribution in [2.75, 3.05) is 0 Å². The molecule has 0 amide bonds. The average molecular weight is 125 g/mol. The van der Waals surface area contributed by atoms with Crippen molar-refractivity contribution in [3.63, 3.8) is 0 Å². The number of rotatable bonds is 2. The van der Waals surface area contributed by atoms with E-state index in [2.05, 4.69) is 19.9 Å². The Morgan fingerprint density at radius 1 is 1.22 bits per heavy atom.